The zero-order valence-corrected chi connectivity index (χ0v) is 9.28. The van der Waals surface area contributed by atoms with E-state index in [4.69, 9.17) is 0 Å². The van der Waals surface area contributed by atoms with Crippen molar-refractivity contribution in [3.63, 3.8) is 0 Å². The molecule has 0 saturated carbocycles. The van der Waals surface area contributed by atoms with Gasteiger partial charge in [0, 0.05) is 5.56 Å². The summed E-state index contributed by atoms with van der Waals surface area (Å²) in [6.45, 7) is 0. The second-order valence-corrected chi connectivity index (χ2v) is 3.33. The Bertz CT molecular complexity index is 454. The highest BCUT2D eigenvalue weighted by atomic mass is 19.4. The molecule has 0 bridgehead atoms. The first-order chi connectivity index (χ1) is 8.34. The Kier molecular flexibility index (Phi) is 4.30. The average molecular weight is 262 g/mol. The molecule has 0 aliphatic rings. The average Bonchev–Trinajstić information content (AvgIpc) is 2.26. The predicted molar refractivity (Wildman–Crippen MR) is 54.2 cm³/mol. The molecule has 0 aliphatic heterocycles. The van der Waals surface area contributed by atoms with E-state index in [1.807, 2.05) is 0 Å². The summed E-state index contributed by atoms with van der Waals surface area (Å²) in [7, 11) is 1.15. The third-order valence-corrected chi connectivity index (χ3v) is 1.93. The van der Waals surface area contributed by atoms with Crippen LogP contribution in [0, 0.1) is 0 Å². The van der Waals surface area contributed by atoms with Crippen molar-refractivity contribution >= 4 is 12.3 Å². The van der Waals surface area contributed by atoms with E-state index in [0.717, 1.165) is 19.2 Å². The fourth-order valence-corrected chi connectivity index (χ4v) is 1.29. The molecule has 18 heavy (non-hydrogen) atoms. The summed E-state index contributed by atoms with van der Waals surface area (Å²) < 4.78 is 44.2. The molecular formula is C11H9F3O4. The van der Waals surface area contributed by atoms with Gasteiger partial charge in [-0.05, 0) is 23.8 Å². The van der Waals surface area contributed by atoms with Crippen LogP contribution in [-0.2, 0) is 16.0 Å². The van der Waals surface area contributed by atoms with Gasteiger partial charge in [0.1, 0.15) is 12.0 Å². The van der Waals surface area contributed by atoms with E-state index >= 15 is 0 Å². The number of aldehydes is 1. The normalized spacial score (nSPS) is 10.9. The molecule has 0 radical (unpaired) electrons. The van der Waals surface area contributed by atoms with E-state index in [1.54, 1.807) is 0 Å². The molecule has 0 aromatic heterocycles. The Morgan fingerprint density at radius 1 is 1.33 bits per heavy atom. The minimum Gasteiger partial charge on any atom is -0.469 e. The van der Waals surface area contributed by atoms with E-state index in [9.17, 15) is 22.8 Å². The fraction of sp³-hybridized carbons (Fsp3) is 0.273. The monoisotopic (exact) mass is 262 g/mol. The van der Waals surface area contributed by atoms with Crippen molar-refractivity contribution in [2.45, 2.75) is 12.8 Å². The highest BCUT2D eigenvalue weighted by Gasteiger charge is 2.31. The van der Waals surface area contributed by atoms with Crippen LogP contribution in [0.25, 0.3) is 0 Å². The van der Waals surface area contributed by atoms with Crippen LogP contribution in [0.2, 0.25) is 0 Å². The zero-order valence-electron chi connectivity index (χ0n) is 9.28. The number of carbonyl (C=O) groups excluding carboxylic acids is 2. The van der Waals surface area contributed by atoms with Crippen molar-refractivity contribution < 1.29 is 32.2 Å². The molecule has 1 aromatic rings. The lowest BCUT2D eigenvalue weighted by atomic mass is 10.1. The SMILES string of the molecule is COC(=O)Cc1cc(C=O)cc(OC(F)(F)F)c1. The molecule has 0 fully saturated rings. The Morgan fingerprint density at radius 2 is 2.00 bits per heavy atom. The van der Waals surface area contributed by atoms with Gasteiger partial charge in [0.05, 0.1) is 13.5 Å². The first-order valence-corrected chi connectivity index (χ1v) is 4.76. The quantitative estimate of drug-likeness (QED) is 0.616. The van der Waals surface area contributed by atoms with Crippen LogP contribution < -0.4 is 4.74 Å². The molecule has 0 unspecified atom stereocenters. The predicted octanol–water partition coefficient (Wildman–Crippen LogP) is 2.11. The summed E-state index contributed by atoms with van der Waals surface area (Å²) in [5, 5.41) is 0. The number of alkyl halides is 3. The number of carbonyl (C=O) groups is 2. The van der Waals surface area contributed by atoms with Crippen molar-refractivity contribution in [3.8, 4) is 5.75 Å². The number of hydrogen-bond donors (Lipinski definition) is 0. The van der Waals surface area contributed by atoms with Gasteiger partial charge in [-0.3, -0.25) is 9.59 Å². The first kappa shape index (κ1) is 14.0. The maximum Gasteiger partial charge on any atom is 0.573 e. The van der Waals surface area contributed by atoms with Crippen molar-refractivity contribution in [2.24, 2.45) is 0 Å². The largest absolute Gasteiger partial charge is 0.573 e. The van der Waals surface area contributed by atoms with Crippen molar-refractivity contribution in [3.05, 3.63) is 29.3 Å². The summed E-state index contributed by atoms with van der Waals surface area (Å²) in [6, 6.07) is 3.24. The minimum absolute atomic E-state index is 0.0179. The smallest absolute Gasteiger partial charge is 0.469 e. The van der Waals surface area contributed by atoms with Crippen molar-refractivity contribution in [1.82, 2.24) is 0 Å². The summed E-state index contributed by atoms with van der Waals surface area (Å²) >= 11 is 0. The highest BCUT2D eigenvalue weighted by Crippen LogP contribution is 2.25. The summed E-state index contributed by atoms with van der Waals surface area (Å²) in [4.78, 5) is 21.6. The molecule has 0 heterocycles. The Hall–Kier alpha value is -2.05. The van der Waals surface area contributed by atoms with Gasteiger partial charge in [0.25, 0.3) is 0 Å². The molecule has 4 nitrogen and oxygen atoms in total. The van der Waals surface area contributed by atoms with Crippen LogP contribution in [0.3, 0.4) is 0 Å². The van der Waals surface area contributed by atoms with Crippen LogP contribution in [0.5, 0.6) is 5.75 Å². The Balaban J connectivity index is 3.01. The molecule has 0 saturated heterocycles. The van der Waals surface area contributed by atoms with Crippen molar-refractivity contribution in [2.75, 3.05) is 7.11 Å². The number of hydrogen-bond acceptors (Lipinski definition) is 4. The fourth-order valence-electron chi connectivity index (χ4n) is 1.29. The molecule has 98 valence electrons. The summed E-state index contributed by atoms with van der Waals surface area (Å²) in [6.07, 6.45) is -4.74. The number of benzene rings is 1. The number of halogens is 3. The van der Waals surface area contributed by atoms with E-state index in [0.29, 0.717) is 6.29 Å². The topological polar surface area (TPSA) is 52.6 Å². The Labute approximate surface area is 100 Å². The van der Waals surface area contributed by atoms with Crippen molar-refractivity contribution in [1.29, 1.82) is 0 Å². The molecule has 0 N–H and O–H groups in total. The molecular weight excluding hydrogens is 253 g/mol. The Morgan fingerprint density at radius 3 is 2.50 bits per heavy atom. The summed E-state index contributed by atoms with van der Waals surface area (Å²) in [5.41, 5.74) is 0.182. The molecule has 7 heteroatoms. The van der Waals surface area contributed by atoms with Crippen LogP contribution in [0.15, 0.2) is 18.2 Å². The maximum absolute atomic E-state index is 12.0. The van der Waals surface area contributed by atoms with E-state index in [-0.39, 0.29) is 17.5 Å². The van der Waals surface area contributed by atoms with Gasteiger partial charge >= 0.3 is 12.3 Å². The van der Waals surface area contributed by atoms with E-state index in [2.05, 4.69) is 9.47 Å². The first-order valence-electron chi connectivity index (χ1n) is 4.76. The van der Waals surface area contributed by atoms with Gasteiger partial charge in [0.2, 0.25) is 0 Å². The third kappa shape index (κ3) is 4.44. The van der Waals surface area contributed by atoms with Gasteiger partial charge < -0.3 is 9.47 Å². The lowest BCUT2D eigenvalue weighted by Gasteiger charge is -2.10. The van der Waals surface area contributed by atoms with E-state index < -0.39 is 18.1 Å². The van der Waals surface area contributed by atoms with Crippen LogP contribution in [-0.4, -0.2) is 25.7 Å². The molecule has 0 spiro atoms. The number of methoxy groups -OCH3 is 1. The number of ether oxygens (including phenoxy) is 2. The molecule has 1 aromatic carbocycles. The standard InChI is InChI=1S/C11H9F3O4/c1-17-10(16)5-7-2-8(6-15)4-9(3-7)18-11(12,13)14/h2-4,6H,5H2,1H3. The van der Waals surface area contributed by atoms with Gasteiger partial charge in [0.15, 0.2) is 0 Å². The minimum atomic E-state index is -4.86. The van der Waals surface area contributed by atoms with Gasteiger partial charge in [-0.1, -0.05) is 0 Å². The highest BCUT2D eigenvalue weighted by molar-refractivity contribution is 5.78. The number of esters is 1. The van der Waals surface area contributed by atoms with Crippen LogP contribution >= 0.6 is 0 Å². The lowest BCUT2D eigenvalue weighted by Crippen LogP contribution is -2.17. The summed E-state index contributed by atoms with van der Waals surface area (Å²) in [5.74, 6) is -1.18. The number of rotatable bonds is 4. The maximum atomic E-state index is 12.0. The second kappa shape index (κ2) is 5.52. The zero-order chi connectivity index (χ0) is 13.8. The lowest BCUT2D eigenvalue weighted by molar-refractivity contribution is -0.274. The van der Waals surface area contributed by atoms with Crippen LogP contribution in [0.4, 0.5) is 13.2 Å². The second-order valence-electron chi connectivity index (χ2n) is 3.33. The molecule has 0 aliphatic carbocycles. The van der Waals surface area contributed by atoms with Gasteiger partial charge in [-0.2, -0.15) is 0 Å². The van der Waals surface area contributed by atoms with Gasteiger partial charge in [-0.15, -0.1) is 13.2 Å². The van der Waals surface area contributed by atoms with E-state index in [1.165, 1.54) is 6.07 Å². The molecule has 1 rings (SSSR count). The van der Waals surface area contributed by atoms with Gasteiger partial charge in [-0.25, -0.2) is 0 Å². The molecule has 0 amide bonds. The van der Waals surface area contributed by atoms with Crippen LogP contribution in [0.1, 0.15) is 15.9 Å². The molecule has 0 atom stereocenters. The third-order valence-electron chi connectivity index (χ3n) is 1.93.